The van der Waals surface area contributed by atoms with Gasteiger partial charge in [-0.1, -0.05) is 42.5 Å². The zero-order valence-electron chi connectivity index (χ0n) is 12.4. The van der Waals surface area contributed by atoms with Crippen molar-refractivity contribution in [1.29, 1.82) is 0 Å². The Kier molecular flexibility index (Phi) is 5.19. The van der Waals surface area contributed by atoms with Crippen molar-refractivity contribution in [3.63, 3.8) is 0 Å². The first-order valence-corrected chi connectivity index (χ1v) is 7.27. The van der Waals surface area contributed by atoms with Crippen LogP contribution in [0.1, 0.15) is 25.0 Å². The monoisotopic (exact) mass is 268 g/mol. The number of nitrogens with two attached hydrogens (primary N) is 1. The van der Waals surface area contributed by atoms with Gasteiger partial charge in [-0.25, -0.2) is 0 Å². The van der Waals surface area contributed by atoms with E-state index in [9.17, 15) is 0 Å². The summed E-state index contributed by atoms with van der Waals surface area (Å²) >= 11 is 0. The Balaban J connectivity index is 1.97. The zero-order chi connectivity index (χ0) is 14.4. The fourth-order valence-corrected chi connectivity index (χ4v) is 2.36. The number of benzene rings is 2. The Morgan fingerprint density at radius 2 is 1.65 bits per heavy atom. The largest absolute Gasteiger partial charge is 0.399 e. The van der Waals surface area contributed by atoms with Crippen LogP contribution in [-0.4, -0.2) is 17.5 Å². The minimum Gasteiger partial charge on any atom is -0.399 e. The number of hydrogen-bond acceptors (Lipinski definition) is 2. The molecule has 0 unspecified atom stereocenters. The number of rotatable bonds is 6. The highest BCUT2D eigenvalue weighted by Gasteiger charge is 2.10. The molecule has 0 aromatic heterocycles. The summed E-state index contributed by atoms with van der Waals surface area (Å²) in [5.74, 6) is 0. The van der Waals surface area contributed by atoms with Crippen LogP contribution in [0.2, 0.25) is 0 Å². The molecule has 0 amide bonds. The molecular weight excluding hydrogens is 244 g/mol. The van der Waals surface area contributed by atoms with Crippen LogP contribution in [0.25, 0.3) is 0 Å². The van der Waals surface area contributed by atoms with Crippen LogP contribution >= 0.6 is 0 Å². The van der Waals surface area contributed by atoms with Crippen molar-refractivity contribution < 1.29 is 0 Å². The molecule has 0 aliphatic heterocycles. The van der Waals surface area contributed by atoms with Gasteiger partial charge in [0, 0.05) is 24.8 Å². The molecule has 2 rings (SSSR count). The van der Waals surface area contributed by atoms with Crippen molar-refractivity contribution in [2.24, 2.45) is 0 Å². The minimum absolute atomic E-state index is 0.528. The van der Waals surface area contributed by atoms with E-state index in [2.05, 4.69) is 61.2 Å². The molecule has 0 radical (unpaired) electrons. The van der Waals surface area contributed by atoms with Crippen molar-refractivity contribution in [2.45, 2.75) is 32.9 Å². The number of anilines is 1. The van der Waals surface area contributed by atoms with Crippen LogP contribution < -0.4 is 5.73 Å². The van der Waals surface area contributed by atoms with E-state index in [-0.39, 0.29) is 0 Å². The van der Waals surface area contributed by atoms with Gasteiger partial charge in [0.1, 0.15) is 0 Å². The molecule has 2 heteroatoms. The number of nitrogen functional groups attached to an aromatic ring is 1. The van der Waals surface area contributed by atoms with Gasteiger partial charge < -0.3 is 5.73 Å². The maximum Gasteiger partial charge on any atom is 0.0317 e. The van der Waals surface area contributed by atoms with Gasteiger partial charge in [0.15, 0.2) is 0 Å². The van der Waals surface area contributed by atoms with E-state index in [0.29, 0.717) is 6.04 Å². The number of nitrogens with zero attached hydrogens (tertiary/aromatic N) is 1. The van der Waals surface area contributed by atoms with Crippen LogP contribution in [0.4, 0.5) is 5.69 Å². The molecular formula is C18H24N2. The molecule has 0 spiro atoms. The van der Waals surface area contributed by atoms with Gasteiger partial charge in [0.05, 0.1) is 0 Å². The standard InChI is InChI=1S/C18H24N2/c1-15(2)20(12-11-16-7-4-3-5-8-16)14-17-9-6-10-18(19)13-17/h3-10,13,15H,11-12,14,19H2,1-2H3. The number of hydrogen-bond donors (Lipinski definition) is 1. The lowest BCUT2D eigenvalue weighted by Gasteiger charge is -2.26. The summed E-state index contributed by atoms with van der Waals surface area (Å²) in [4.78, 5) is 2.49. The molecule has 0 heterocycles. The Morgan fingerprint density at radius 3 is 2.30 bits per heavy atom. The van der Waals surface area contributed by atoms with E-state index in [4.69, 9.17) is 5.73 Å². The molecule has 2 N–H and O–H groups in total. The highest BCUT2D eigenvalue weighted by molar-refractivity contribution is 5.40. The first-order valence-electron chi connectivity index (χ1n) is 7.27. The topological polar surface area (TPSA) is 29.3 Å². The van der Waals surface area contributed by atoms with Crippen molar-refractivity contribution in [2.75, 3.05) is 12.3 Å². The SMILES string of the molecule is CC(C)N(CCc1ccccc1)Cc1cccc(N)c1. The molecule has 0 aliphatic carbocycles. The van der Waals surface area contributed by atoms with Crippen LogP contribution in [0, 0.1) is 0 Å². The third-order valence-electron chi connectivity index (χ3n) is 3.60. The van der Waals surface area contributed by atoms with Gasteiger partial charge in [-0.15, -0.1) is 0 Å². The Morgan fingerprint density at radius 1 is 0.950 bits per heavy atom. The average Bonchev–Trinajstić information content (AvgIpc) is 2.44. The van der Waals surface area contributed by atoms with Crippen LogP contribution in [-0.2, 0) is 13.0 Å². The quantitative estimate of drug-likeness (QED) is 0.809. The van der Waals surface area contributed by atoms with E-state index in [0.717, 1.165) is 25.2 Å². The first kappa shape index (κ1) is 14.6. The van der Waals surface area contributed by atoms with Crippen molar-refractivity contribution in [3.05, 3.63) is 65.7 Å². The second kappa shape index (κ2) is 7.11. The highest BCUT2D eigenvalue weighted by Crippen LogP contribution is 2.13. The van der Waals surface area contributed by atoms with Gasteiger partial charge in [0.2, 0.25) is 0 Å². The molecule has 0 fully saturated rings. The Bertz CT molecular complexity index is 520. The molecule has 0 bridgehead atoms. The highest BCUT2D eigenvalue weighted by atomic mass is 15.1. The summed E-state index contributed by atoms with van der Waals surface area (Å²) in [6.45, 7) is 6.51. The molecule has 0 saturated heterocycles. The summed E-state index contributed by atoms with van der Waals surface area (Å²) in [6, 6.07) is 19.4. The normalized spacial score (nSPS) is 11.2. The summed E-state index contributed by atoms with van der Waals surface area (Å²) in [5, 5.41) is 0. The fourth-order valence-electron chi connectivity index (χ4n) is 2.36. The maximum atomic E-state index is 5.86. The average molecular weight is 268 g/mol. The first-order chi connectivity index (χ1) is 9.65. The fraction of sp³-hybridized carbons (Fsp3) is 0.333. The summed E-state index contributed by atoms with van der Waals surface area (Å²) in [6.07, 6.45) is 1.08. The van der Waals surface area contributed by atoms with E-state index in [1.54, 1.807) is 0 Å². The molecule has 0 saturated carbocycles. The van der Waals surface area contributed by atoms with E-state index in [1.807, 2.05) is 12.1 Å². The zero-order valence-corrected chi connectivity index (χ0v) is 12.4. The predicted octanol–water partition coefficient (Wildman–Crippen LogP) is 3.72. The van der Waals surface area contributed by atoms with E-state index < -0.39 is 0 Å². The lowest BCUT2D eigenvalue weighted by atomic mass is 10.1. The van der Waals surface area contributed by atoms with Gasteiger partial charge >= 0.3 is 0 Å². The second-order valence-corrected chi connectivity index (χ2v) is 5.54. The molecule has 2 nitrogen and oxygen atoms in total. The minimum atomic E-state index is 0.528. The summed E-state index contributed by atoms with van der Waals surface area (Å²) in [7, 11) is 0. The third-order valence-corrected chi connectivity index (χ3v) is 3.60. The Hall–Kier alpha value is -1.80. The van der Waals surface area contributed by atoms with Gasteiger partial charge in [-0.05, 0) is 43.5 Å². The third kappa shape index (κ3) is 4.39. The van der Waals surface area contributed by atoms with Crippen molar-refractivity contribution >= 4 is 5.69 Å². The second-order valence-electron chi connectivity index (χ2n) is 5.54. The Labute approximate surface area is 122 Å². The van der Waals surface area contributed by atoms with E-state index >= 15 is 0 Å². The van der Waals surface area contributed by atoms with Crippen molar-refractivity contribution in [1.82, 2.24) is 4.90 Å². The van der Waals surface area contributed by atoms with Crippen molar-refractivity contribution in [3.8, 4) is 0 Å². The molecule has 106 valence electrons. The predicted molar refractivity (Wildman–Crippen MR) is 86.5 cm³/mol. The maximum absolute atomic E-state index is 5.86. The van der Waals surface area contributed by atoms with E-state index in [1.165, 1.54) is 11.1 Å². The smallest absolute Gasteiger partial charge is 0.0317 e. The summed E-state index contributed by atoms with van der Waals surface area (Å²) in [5.41, 5.74) is 9.38. The summed E-state index contributed by atoms with van der Waals surface area (Å²) < 4.78 is 0. The molecule has 0 aliphatic rings. The molecule has 2 aromatic rings. The van der Waals surface area contributed by atoms with Crippen LogP contribution in [0.3, 0.4) is 0 Å². The molecule has 0 atom stereocenters. The molecule has 2 aromatic carbocycles. The molecule has 20 heavy (non-hydrogen) atoms. The van der Waals surface area contributed by atoms with Crippen LogP contribution in [0.15, 0.2) is 54.6 Å². The van der Waals surface area contributed by atoms with Gasteiger partial charge in [0.25, 0.3) is 0 Å². The van der Waals surface area contributed by atoms with Gasteiger partial charge in [-0.3, -0.25) is 4.90 Å². The van der Waals surface area contributed by atoms with Crippen LogP contribution in [0.5, 0.6) is 0 Å². The lowest BCUT2D eigenvalue weighted by Crippen LogP contribution is -2.32. The van der Waals surface area contributed by atoms with Gasteiger partial charge in [-0.2, -0.15) is 0 Å². The lowest BCUT2D eigenvalue weighted by molar-refractivity contribution is 0.215.